The summed E-state index contributed by atoms with van der Waals surface area (Å²) < 4.78 is 11.6. The van der Waals surface area contributed by atoms with Gasteiger partial charge in [-0.1, -0.05) is 19.3 Å². The van der Waals surface area contributed by atoms with E-state index < -0.39 is 5.97 Å². The normalized spacial score (nSPS) is 31.6. The highest BCUT2D eigenvalue weighted by Crippen LogP contribution is 2.61. The van der Waals surface area contributed by atoms with Gasteiger partial charge in [-0.15, -0.1) is 0 Å². The third-order valence-electron chi connectivity index (χ3n) is 3.40. The summed E-state index contributed by atoms with van der Waals surface area (Å²) in [7, 11) is 0. The molecule has 1 unspecified atom stereocenters. The number of carbonyl (C=O) groups excluding carboxylic acids is 1. The highest BCUT2D eigenvalue weighted by Gasteiger charge is 2.58. The van der Waals surface area contributed by atoms with Crippen LogP contribution in [0.5, 0.6) is 0 Å². The Morgan fingerprint density at radius 3 is 2.58 bits per heavy atom. The zero-order valence-corrected chi connectivity index (χ0v) is 7.01. The van der Waals surface area contributed by atoms with Crippen molar-refractivity contribution in [3.8, 4) is 0 Å². The van der Waals surface area contributed by atoms with E-state index in [-0.39, 0.29) is 11.3 Å². The van der Waals surface area contributed by atoms with Gasteiger partial charge >= 0.3 is 5.97 Å². The fourth-order valence-electron chi connectivity index (χ4n) is 2.54. The lowest BCUT2D eigenvalue weighted by Crippen LogP contribution is -2.14. The van der Waals surface area contributed by atoms with E-state index in [4.69, 9.17) is 0 Å². The van der Waals surface area contributed by atoms with E-state index in [0.29, 0.717) is 0 Å². The van der Waals surface area contributed by atoms with Gasteiger partial charge in [0, 0.05) is 4.53 Å². The molecule has 0 aromatic rings. The standard InChI is InChI=1S/C9H13FO2/c10-12-8(11)7-6-9(7)4-2-1-3-5-9/h7H,1-6H2. The Morgan fingerprint density at radius 2 is 2.00 bits per heavy atom. The molecule has 1 spiro atoms. The van der Waals surface area contributed by atoms with Crippen molar-refractivity contribution in [3.63, 3.8) is 0 Å². The van der Waals surface area contributed by atoms with Crippen molar-refractivity contribution in [2.75, 3.05) is 0 Å². The summed E-state index contributed by atoms with van der Waals surface area (Å²) in [5, 5.41) is 0. The zero-order valence-electron chi connectivity index (χ0n) is 7.01. The molecule has 0 aromatic carbocycles. The predicted octanol–water partition coefficient (Wildman–Crippen LogP) is 2.38. The van der Waals surface area contributed by atoms with Crippen LogP contribution >= 0.6 is 0 Å². The molecule has 2 saturated carbocycles. The van der Waals surface area contributed by atoms with Crippen molar-refractivity contribution in [1.82, 2.24) is 0 Å². The molecule has 0 saturated heterocycles. The van der Waals surface area contributed by atoms with Crippen LogP contribution < -0.4 is 0 Å². The minimum absolute atomic E-state index is 0.122. The summed E-state index contributed by atoms with van der Waals surface area (Å²) in [4.78, 5) is 14.1. The van der Waals surface area contributed by atoms with E-state index in [1.807, 2.05) is 0 Å². The summed E-state index contributed by atoms with van der Waals surface area (Å²) in [6.45, 7) is 0. The Morgan fingerprint density at radius 1 is 1.33 bits per heavy atom. The van der Waals surface area contributed by atoms with E-state index in [9.17, 15) is 9.32 Å². The lowest BCUT2D eigenvalue weighted by Gasteiger charge is -2.21. The van der Waals surface area contributed by atoms with E-state index >= 15 is 0 Å². The Kier molecular flexibility index (Phi) is 1.81. The van der Waals surface area contributed by atoms with Crippen LogP contribution in [-0.4, -0.2) is 5.97 Å². The summed E-state index contributed by atoms with van der Waals surface area (Å²) in [5.74, 6) is -0.764. The van der Waals surface area contributed by atoms with Crippen LogP contribution in [0.2, 0.25) is 0 Å². The van der Waals surface area contributed by atoms with Gasteiger partial charge in [0.15, 0.2) is 0 Å². The Hall–Kier alpha value is -0.600. The number of rotatable bonds is 1. The number of carbonyl (C=O) groups is 1. The van der Waals surface area contributed by atoms with E-state index in [1.165, 1.54) is 19.3 Å². The third kappa shape index (κ3) is 1.11. The van der Waals surface area contributed by atoms with Crippen LogP contribution in [0, 0.1) is 11.3 Å². The van der Waals surface area contributed by atoms with Gasteiger partial charge in [0.2, 0.25) is 0 Å². The van der Waals surface area contributed by atoms with Crippen molar-refractivity contribution in [1.29, 1.82) is 0 Å². The van der Waals surface area contributed by atoms with Crippen LogP contribution in [0.15, 0.2) is 0 Å². The largest absolute Gasteiger partial charge is 0.352 e. The minimum Gasteiger partial charge on any atom is -0.255 e. The molecule has 0 N–H and O–H groups in total. The maximum Gasteiger partial charge on any atom is 0.352 e. The lowest BCUT2D eigenvalue weighted by molar-refractivity contribution is -0.186. The highest BCUT2D eigenvalue weighted by atomic mass is 19.3. The second-order valence-electron chi connectivity index (χ2n) is 4.08. The molecule has 0 aliphatic heterocycles. The molecule has 2 rings (SSSR count). The first kappa shape index (κ1) is 8.02. The first-order valence-corrected chi connectivity index (χ1v) is 4.61. The van der Waals surface area contributed by atoms with Crippen LogP contribution in [0.4, 0.5) is 4.53 Å². The lowest BCUT2D eigenvalue weighted by atomic mass is 9.84. The Balaban J connectivity index is 1.95. The monoisotopic (exact) mass is 172 g/mol. The topological polar surface area (TPSA) is 26.3 Å². The first-order valence-electron chi connectivity index (χ1n) is 4.61. The van der Waals surface area contributed by atoms with Crippen LogP contribution in [0.25, 0.3) is 0 Å². The minimum atomic E-state index is -0.642. The number of halogens is 1. The van der Waals surface area contributed by atoms with E-state index in [0.717, 1.165) is 19.3 Å². The predicted molar refractivity (Wildman–Crippen MR) is 40.8 cm³/mol. The second kappa shape index (κ2) is 2.71. The van der Waals surface area contributed by atoms with Gasteiger partial charge in [-0.3, -0.25) is 4.94 Å². The van der Waals surface area contributed by atoms with Crippen molar-refractivity contribution >= 4 is 5.97 Å². The van der Waals surface area contributed by atoms with Crippen molar-refractivity contribution in [2.45, 2.75) is 38.5 Å². The van der Waals surface area contributed by atoms with Gasteiger partial charge in [-0.2, -0.15) is 0 Å². The van der Waals surface area contributed by atoms with Gasteiger partial charge in [-0.05, 0) is 24.7 Å². The maximum atomic E-state index is 11.6. The average molecular weight is 172 g/mol. The molecule has 68 valence electrons. The van der Waals surface area contributed by atoms with Crippen molar-refractivity contribution in [3.05, 3.63) is 0 Å². The molecule has 2 aliphatic rings. The first-order chi connectivity index (χ1) is 5.78. The van der Waals surface area contributed by atoms with Crippen molar-refractivity contribution < 1.29 is 14.3 Å². The Bertz CT molecular complexity index is 197. The van der Waals surface area contributed by atoms with E-state index in [2.05, 4.69) is 4.94 Å². The fourth-order valence-corrected chi connectivity index (χ4v) is 2.54. The smallest absolute Gasteiger partial charge is 0.255 e. The second-order valence-corrected chi connectivity index (χ2v) is 4.08. The molecule has 2 nitrogen and oxygen atoms in total. The molecule has 0 amide bonds. The summed E-state index contributed by atoms with van der Waals surface area (Å²) in [6.07, 6.45) is 6.68. The summed E-state index contributed by atoms with van der Waals surface area (Å²) >= 11 is 0. The zero-order chi connectivity index (χ0) is 8.60. The summed E-state index contributed by atoms with van der Waals surface area (Å²) in [5.41, 5.74) is 0.154. The highest BCUT2D eigenvalue weighted by molar-refractivity contribution is 5.76. The van der Waals surface area contributed by atoms with Crippen molar-refractivity contribution in [2.24, 2.45) is 11.3 Å². The SMILES string of the molecule is O=C(OF)C1CC12CCCCC2. The van der Waals surface area contributed by atoms with Crippen LogP contribution in [-0.2, 0) is 9.74 Å². The summed E-state index contributed by atoms with van der Waals surface area (Å²) in [6, 6.07) is 0. The molecule has 0 heterocycles. The molecule has 2 aliphatic carbocycles. The third-order valence-corrected chi connectivity index (χ3v) is 3.40. The Labute approximate surface area is 71.0 Å². The molecule has 0 aromatic heterocycles. The molecule has 1 atom stereocenters. The fraction of sp³-hybridized carbons (Fsp3) is 0.889. The molecule has 3 heteroatoms. The average Bonchev–Trinajstić information content (AvgIpc) is 2.80. The van der Waals surface area contributed by atoms with Gasteiger partial charge in [0.05, 0.1) is 5.92 Å². The van der Waals surface area contributed by atoms with Gasteiger partial charge < -0.3 is 0 Å². The molecular weight excluding hydrogens is 159 g/mol. The van der Waals surface area contributed by atoms with Crippen LogP contribution in [0.3, 0.4) is 0 Å². The molecule has 0 bridgehead atoms. The molecule has 2 fully saturated rings. The quantitative estimate of drug-likeness (QED) is 0.607. The van der Waals surface area contributed by atoms with Crippen LogP contribution in [0.1, 0.15) is 38.5 Å². The maximum absolute atomic E-state index is 11.6. The molecule has 0 radical (unpaired) electrons. The van der Waals surface area contributed by atoms with Gasteiger partial charge in [0.25, 0.3) is 0 Å². The van der Waals surface area contributed by atoms with E-state index in [1.54, 1.807) is 0 Å². The number of hydrogen-bond acceptors (Lipinski definition) is 2. The number of hydrogen-bond donors (Lipinski definition) is 0. The van der Waals surface area contributed by atoms with Gasteiger partial charge in [0.1, 0.15) is 0 Å². The molecule has 12 heavy (non-hydrogen) atoms. The molecular formula is C9H13FO2. The van der Waals surface area contributed by atoms with Gasteiger partial charge in [-0.25, -0.2) is 4.79 Å².